The maximum Gasteiger partial charge on any atom is 1.00 e. The van der Waals surface area contributed by atoms with Gasteiger partial charge in [-0.2, -0.15) is 0 Å². The average Bonchev–Trinajstić information content (AvgIpc) is 2.92. The second-order valence-electron chi connectivity index (χ2n) is 6.16. The van der Waals surface area contributed by atoms with Crippen molar-refractivity contribution < 1.29 is 56.2 Å². The van der Waals surface area contributed by atoms with E-state index in [1.165, 1.54) is 51.4 Å². The molecule has 1 aliphatic rings. The third kappa shape index (κ3) is 14.0. The molecule has 1 rings (SSSR count). The van der Waals surface area contributed by atoms with Crippen molar-refractivity contribution in [3.8, 4) is 0 Å². The minimum Gasteiger partial charge on any atom is -0.726 e. The maximum atomic E-state index is 10.3. The molecule has 0 spiro atoms. The van der Waals surface area contributed by atoms with Gasteiger partial charge in [-0.1, -0.05) is 58.3 Å². The largest absolute Gasteiger partial charge is 1.00 e. The van der Waals surface area contributed by atoms with Crippen LogP contribution < -0.4 is 29.6 Å². The van der Waals surface area contributed by atoms with Crippen LogP contribution in [0, 0.1) is 0 Å². The summed E-state index contributed by atoms with van der Waals surface area (Å²) in [6.45, 7) is 2.52. The normalized spacial score (nSPS) is 20.9. The van der Waals surface area contributed by atoms with Crippen LogP contribution in [-0.4, -0.2) is 38.6 Å². The molecule has 0 aromatic carbocycles. The summed E-state index contributed by atoms with van der Waals surface area (Å²) in [5.41, 5.74) is 0. The fraction of sp³-hybridized carbons (Fsp3) is 1.00. The summed E-state index contributed by atoms with van der Waals surface area (Å²) in [6.07, 6.45) is 12.4. The molecule has 1 fully saturated rings. The number of rotatable bonds is 14. The molecule has 0 radical (unpaired) electrons. The van der Waals surface area contributed by atoms with Crippen LogP contribution >= 0.6 is 0 Å². The molecule has 0 amide bonds. The number of hydrogen-bond acceptors (Lipinski definition) is 6. The quantitative estimate of drug-likeness (QED) is 0.191. The maximum absolute atomic E-state index is 10.3. The minimum absolute atomic E-state index is 0. The molecule has 6 nitrogen and oxygen atoms in total. The van der Waals surface area contributed by atoms with Crippen molar-refractivity contribution in [3.63, 3.8) is 0 Å². The van der Waals surface area contributed by atoms with Crippen LogP contribution in [0.25, 0.3) is 0 Å². The molecule has 24 heavy (non-hydrogen) atoms. The first-order valence-corrected chi connectivity index (χ1v) is 10.2. The molecule has 2 unspecified atom stereocenters. The zero-order valence-corrected chi connectivity index (χ0v) is 18.0. The third-order valence-corrected chi connectivity index (χ3v) is 4.48. The molecule has 138 valence electrons. The number of ether oxygens (including phenoxy) is 2. The van der Waals surface area contributed by atoms with Crippen molar-refractivity contribution in [1.82, 2.24) is 0 Å². The summed E-state index contributed by atoms with van der Waals surface area (Å²) >= 11 is 0. The van der Waals surface area contributed by atoms with E-state index < -0.39 is 10.4 Å². The second-order valence-corrected chi connectivity index (χ2v) is 7.21. The topological polar surface area (TPSA) is 84.9 Å². The summed E-state index contributed by atoms with van der Waals surface area (Å²) in [6, 6.07) is 0. The zero-order valence-electron chi connectivity index (χ0n) is 15.2. The summed E-state index contributed by atoms with van der Waals surface area (Å²) < 4.78 is 46.3. The Kier molecular flexibility index (Phi) is 15.4. The Bertz CT molecular complexity index is 390. The average molecular weight is 374 g/mol. The number of unbranched alkanes of at least 4 members (excludes halogenated alkanes) is 8. The van der Waals surface area contributed by atoms with Gasteiger partial charge in [-0.15, -0.1) is 0 Å². The molecule has 1 aliphatic heterocycles. The molecule has 0 aromatic rings. The van der Waals surface area contributed by atoms with Crippen molar-refractivity contribution in [2.45, 2.75) is 89.9 Å². The smallest absolute Gasteiger partial charge is 0.726 e. The summed E-state index contributed by atoms with van der Waals surface area (Å²) in [5, 5.41) is 0. The van der Waals surface area contributed by atoms with Gasteiger partial charge in [-0.3, -0.25) is 4.18 Å². The molecule has 0 N–H and O–H groups in total. The van der Waals surface area contributed by atoms with E-state index in [-0.39, 0.29) is 48.6 Å². The predicted octanol–water partition coefficient (Wildman–Crippen LogP) is 0.520. The first-order valence-electron chi connectivity index (χ1n) is 8.88. The van der Waals surface area contributed by atoms with Crippen LogP contribution in [0.4, 0.5) is 0 Å². The Morgan fingerprint density at radius 2 is 1.58 bits per heavy atom. The standard InChI is InChI=1S/C16H32O6S.Na/c1-2-3-4-5-6-7-8-9-10-11-16-20-14-15(22-16)12-13-21-23(17,18)19;/h15-16H,2-14H2,1H3,(H,17,18,19);/q;+1/p-1. The van der Waals surface area contributed by atoms with Gasteiger partial charge in [0, 0.05) is 6.42 Å². The summed E-state index contributed by atoms with van der Waals surface area (Å²) in [7, 11) is -4.61. The van der Waals surface area contributed by atoms with Crippen LogP contribution in [0.3, 0.4) is 0 Å². The van der Waals surface area contributed by atoms with Crippen molar-refractivity contribution in [1.29, 1.82) is 0 Å². The van der Waals surface area contributed by atoms with Gasteiger partial charge in [0.1, 0.15) is 0 Å². The van der Waals surface area contributed by atoms with Crippen molar-refractivity contribution in [3.05, 3.63) is 0 Å². The monoisotopic (exact) mass is 374 g/mol. The summed E-state index contributed by atoms with van der Waals surface area (Å²) in [5.74, 6) is 0. The van der Waals surface area contributed by atoms with Gasteiger partial charge >= 0.3 is 29.6 Å². The minimum atomic E-state index is -4.61. The van der Waals surface area contributed by atoms with Gasteiger partial charge < -0.3 is 14.0 Å². The van der Waals surface area contributed by atoms with Crippen molar-refractivity contribution in [2.75, 3.05) is 13.2 Å². The van der Waals surface area contributed by atoms with E-state index in [0.717, 1.165) is 12.8 Å². The van der Waals surface area contributed by atoms with Gasteiger partial charge in [0.25, 0.3) is 0 Å². The van der Waals surface area contributed by atoms with Gasteiger partial charge in [0.15, 0.2) is 6.29 Å². The fourth-order valence-corrected chi connectivity index (χ4v) is 3.01. The Labute approximate surface area is 169 Å². The van der Waals surface area contributed by atoms with Crippen molar-refractivity contribution >= 4 is 10.4 Å². The first kappa shape index (κ1) is 24.8. The van der Waals surface area contributed by atoms with E-state index in [1.54, 1.807) is 0 Å². The Hall–Kier alpha value is 0.790. The van der Waals surface area contributed by atoms with Crippen LogP contribution in [0.5, 0.6) is 0 Å². The molecule has 8 heteroatoms. The molecule has 1 saturated heterocycles. The van der Waals surface area contributed by atoms with E-state index in [9.17, 15) is 13.0 Å². The molecule has 0 bridgehead atoms. The van der Waals surface area contributed by atoms with Crippen LogP contribution in [0.1, 0.15) is 77.6 Å². The van der Waals surface area contributed by atoms with E-state index in [1.807, 2.05) is 0 Å². The third-order valence-electron chi connectivity index (χ3n) is 4.02. The number of hydrogen-bond donors (Lipinski definition) is 0. The molecule has 2 atom stereocenters. The van der Waals surface area contributed by atoms with Gasteiger partial charge in [0.2, 0.25) is 10.4 Å². The van der Waals surface area contributed by atoms with Crippen LogP contribution in [0.2, 0.25) is 0 Å². The van der Waals surface area contributed by atoms with Gasteiger partial charge in [-0.25, -0.2) is 8.42 Å². The van der Waals surface area contributed by atoms with E-state index >= 15 is 0 Å². The summed E-state index contributed by atoms with van der Waals surface area (Å²) in [4.78, 5) is 0. The fourth-order valence-electron chi connectivity index (χ4n) is 2.71. The molecule has 0 saturated carbocycles. The molecular formula is C16H31NaO6S. The Morgan fingerprint density at radius 1 is 1.00 bits per heavy atom. The molecule has 0 aromatic heterocycles. The Balaban J connectivity index is 0.00000529. The zero-order chi connectivity index (χ0) is 17.0. The SMILES string of the molecule is CCCCCCCCCCCC1OCC(CCOS(=O)(=O)[O-])O1.[Na+]. The van der Waals surface area contributed by atoms with Gasteiger partial charge in [-0.05, 0) is 12.8 Å². The predicted molar refractivity (Wildman–Crippen MR) is 86.7 cm³/mol. The van der Waals surface area contributed by atoms with Crippen LogP contribution in [-0.2, 0) is 24.1 Å². The molecular weight excluding hydrogens is 343 g/mol. The van der Waals surface area contributed by atoms with Gasteiger partial charge in [0.05, 0.1) is 19.3 Å². The van der Waals surface area contributed by atoms with E-state index in [4.69, 9.17) is 9.47 Å². The van der Waals surface area contributed by atoms with Crippen molar-refractivity contribution in [2.24, 2.45) is 0 Å². The second kappa shape index (κ2) is 14.9. The first-order chi connectivity index (χ1) is 11.0. The molecule has 1 heterocycles. The van der Waals surface area contributed by atoms with Crippen LogP contribution in [0.15, 0.2) is 0 Å². The molecule has 0 aliphatic carbocycles. The van der Waals surface area contributed by atoms with E-state index in [0.29, 0.717) is 13.0 Å². The Morgan fingerprint density at radius 3 is 2.17 bits per heavy atom. The van der Waals surface area contributed by atoms with E-state index in [2.05, 4.69) is 11.1 Å².